The summed E-state index contributed by atoms with van der Waals surface area (Å²) in [6.45, 7) is 4.49. The third-order valence-corrected chi connectivity index (χ3v) is 2.77. The lowest BCUT2D eigenvalue weighted by atomic mass is 10.3. The minimum Gasteiger partial charge on any atom is -0.342 e. The zero-order chi connectivity index (χ0) is 11.4. The number of nitrogens with zero attached hydrogens (tertiary/aromatic N) is 3. The molecule has 1 N–H and O–H groups in total. The fourth-order valence-corrected chi connectivity index (χ4v) is 1.78. The second-order valence-corrected chi connectivity index (χ2v) is 3.99. The van der Waals surface area contributed by atoms with Gasteiger partial charge in [0.1, 0.15) is 11.4 Å². The maximum atomic E-state index is 11.7. The van der Waals surface area contributed by atoms with Gasteiger partial charge in [-0.1, -0.05) is 10.3 Å². The van der Waals surface area contributed by atoms with Gasteiger partial charge in [-0.25, -0.2) is 4.63 Å². The van der Waals surface area contributed by atoms with Crippen LogP contribution in [0.1, 0.15) is 24.2 Å². The molecule has 0 bridgehead atoms. The van der Waals surface area contributed by atoms with Crippen LogP contribution in [0.3, 0.4) is 0 Å². The first-order valence-corrected chi connectivity index (χ1v) is 5.54. The molecule has 0 aliphatic carbocycles. The zero-order valence-corrected chi connectivity index (χ0v) is 9.40. The first kappa shape index (κ1) is 11.1. The summed E-state index contributed by atoms with van der Waals surface area (Å²) in [5, 5.41) is 10.5. The number of hydrogen-bond acceptors (Lipinski definition) is 5. The van der Waals surface area contributed by atoms with Gasteiger partial charge in [-0.3, -0.25) is 4.79 Å². The molecule has 0 saturated carbocycles. The van der Waals surface area contributed by atoms with Crippen LogP contribution in [0.4, 0.5) is 0 Å². The van der Waals surface area contributed by atoms with Crippen molar-refractivity contribution < 1.29 is 9.42 Å². The summed E-state index contributed by atoms with van der Waals surface area (Å²) in [6.07, 6.45) is 2.25. The Labute approximate surface area is 94.0 Å². The lowest BCUT2D eigenvalue weighted by Gasteiger charge is -2.14. The van der Waals surface area contributed by atoms with Gasteiger partial charge < -0.3 is 10.2 Å². The molecule has 6 nitrogen and oxygen atoms in total. The van der Waals surface area contributed by atoms with Crippen molar-refractivity contribution in [1.29, 1.82) is 0 Å². The Balaban J connectivity index is 1.71. The Morgan fingerprint density at radius 1 is 1.44 bits per heavy atom. The van der Waals surface area contributed by atoms with Gasteiger partial charge in [-0.15, -0.1) is 0 Å². The van der Waals surface area contributed by atoms with E-state index >= 15 is 0 Å². The number of aryl methyl sites for hydroxylation is 1. The van der Waals surface area contributed by atoms with Gasteiger partial charge in [-0.05, 0) is 19.8 Å². The van der Waals surface area contributed by atoms with Crippen LogP contribution < -0.4 is 5.32 Å². The van der Waals surface area contributed by atoms with Crippen molar-refractivity contribution in [3.63, 3.8) is 0 Å². The Bertz CT molecular complexity index is 357. The summed E-state index contributed by atoms with van der Waals surface area (Å²) in [5.41, 5.74) is 1.52. The highest BCUT2D eigenvalue weighted by molar-refractivity contribution is 5.78. The molecule has 1 aliphatic heterocycles. The third-order valence-electron chi connectivity index (χ3n) is 2.77. The van der Waals surface area contributed by atoms with E-state index in [-0.39, 0.29) is 5.91 Å². The number of hydrogen-bond donors (Lipinski definition) is 1. The molecular weight excluding hydrogens is 208 g/mol. The van der Waals surface area contributed by atoms with E-state index < -0.39 is 0 Å². The summed E-state index contributed by atoms with van der Waals surface area (Å²) >= 11 is 0. The quantitative estimate of drug-likeness (QED) is 0.784. The predicted octanol–water partition coefficient (Wildman–Crippen LogP) is 0.0900. The molecule has 1 aliphatic rings. The molecule has 1 saturated heterocycles. The molecule has 0 radical (unpaired) electrons. The topological polar surface area (TPSA) is 71.3 Å². The Morgan fingerprint density at radius 3 is 2.81 bits per heavy atom. The molecular formula is C10H16N4O2. The second-order valence-electron chi connectivity index (χ2n) is 3.99. The highest BCUT2D eigenvalue weighted by Crippen LogP contribution is 2.06. The van der Waals surface area contributed by atoms with Crippen LogP contribution in [0.15, 0.2) is 4.63 Å². The van der Waals surface area contributed by atoms with Gasteiger partial charge in [0.05, 0.1) is 6.54 Å². The Kier molecular flexibility index (Phi) is 3.51. The first-order chi connectivity index (χ1) is 7.77. The highest BCUT2D eigenvalue weighted by atomic mass is 16.6. The minimum absolute atomic E-state index is 0.159. The monoisotopic (exact) mass is 224 g/mol. The van der Waals surface area contributed by atoms with Crippen molar-refractivity contribution in [2.24, 2.45) is 0 Å². The third kappa shape index (κ3) is 2.57. The van der Waals surface area contributed by atoms with E-state index in [1.165, 1.54) is 0 Å². The average Bonchev–Trinajstić information content (AvgIpc) is 2.90. The molecule has 16 heavy (non-hydrogen) atoms. The lowest BCUT2D eigenvalue weighted by Crippen LogP contribution is -2.36. The van der Waals surface area contributed by atoms with Crippen LogP contribution in [-0.2, 0) is 11.3 Å². The van der Waals surface area contributed by atoms with E-state index in [4.69, 9.17) is 0 Å². The molecule has 0 spiro atoms. The van der Waals surface area contributed by atoms with Crippen LogP contribution in [0.25, 0.3) is 0 Å². The standard InChI is InChI=1S/C10H16N4O2/c1-8-9(13-16-12-8)6-11-7-10(15)14-4-2-3-5-14/h11H,2-7H2,1H3. The van der Waals surface area contributed by atoms with Crippen LogP contribution >= 0.6 is 0 Å². The van der Waals surface area contributed by atoms with Gasteiger partial charge in [0.2, 0.25) is 5.91 Å². The van der Waals surface area contributed by atoms with Gasteiger partial charge in [0, 0.05) is 19.6 Å². The smallest absolute Gasteiger partial charge is 0.236 e. The molecule has 88 valence electrons. The van der Waals surface area contributed by atoms with E-state index in [1.807, 2.05) is 11.8 Å². The van der Waals surface area contributed by atoms with Gasteiger partial charge in [0.15, 0.2) is 0 Å². The molecule has 2 rings (SSSR count). The summed E-state index contributed by atoms with van der Waals surface area (Å²) in [6, 6.07) is 0. The summed E-state index contributed by atoms with van der Waals surface area (Å²) < 4.78 is 4.57. The number of carbonyl (C=O) groups is 1. The fourth-order valence-electron chi connectivity index (χ4n) is 1.78. The maximum absolute atomic E-state index is 11.7. The van der Waals surface area contributed by atoms with Crippen molar-refractivity contribution >= 4 is 5.91 Å². The van der Waals surface area contributed by atoms with E-state index in [0.717, 1.165) is 37.3 Å². The van der Waals surface area contributed by atoms with Gasteiger partial charge >= 0.3 is 0 Å². The molecule has 1 fully saturated rings. The van der Waals surface area contributed by atoms with Crippen molar-refractivity contribution in [3.05, 3.63) is 11.4 Å². The summed E-state index contributed by atoms with van der Waals surface area (Å²) in [4.78, 5) is 13.6. The molecule has 0 unspecified atom stereocenters. The molecule has 0 atom stereocenters. The second kappa shape index (κ2) is 5.07. The fraction of sp³-hybridized carbons (Fsp3) is 0.700. The van der Waals surface area contributed by atoms with E-state index in [0.29, 0.717) is 13.1 Å². The molecule has 0 aromatic carbocycles. The molecule has 2 heterocycles. The minimum atomic E-state index is 0.159. The Morgan fingerprint density at radius 2 is 2.19 bits per heavy atom. The average molecular weight is 224 g/mol. The number of carbonyl (C=O) groups excluding carboxylic acids is 1. The SMILES string of the molecule is Cc1nonc1CNCC(=O)N1CCCC1. The maximum Gasteiger partial charge on any atom is 0.236 e. The zero-order valence-electron chi connectivity index (χ0n) is 9.40. The van der Waals surface area contributed by atoms with Crippen molar-refractivity contribution in [2.75, 3.05) is 19.6 Å². The Hall–Kier alpha value is -1.43. The lowest BCUT2D eigenvalue weighted by molar-refractivity contribution is -0.129. The number of nitrogens with one attached hydrogen (secondary N) is 1. The number of rotatable bonds is 4. The number of likely N-dealkylation sites (tertiary alicyclic amines) is 1. The first-order valence-electron chi connectivity index (χ1n) is 5.54. The number of amides is 1. The predicted molar refractivity (Wildman–Crippen MR) is 56.6 cm³/mol. The molecule has 1 aromatic heterocycles. The summed E-state index contributed by atoms with van der Waals surface area (Å²) in [7, 11) is 0. The highest BCUT2D eigenvalue weighted by Gasteiger charge is 2.17. The van der Waals surface area contributed by atoms with Crippen LogP contribution in [0.5, 0.6) is 0 Å². The van der Waals surface area contributed by atoms with Gasteiger partial charge in [0.25, 0.3) is 0 Å². The van der Waals surface area contributed by atoms with Crippen LogP contribution in [-0.4, -0.2) is 40.8 Å². The van der Waals surface area contributed by atoms with E-state index in [1.54, 1.807) is 0 Å². The van der Waals surface area contributed by atoms with E-state index in [2.05, 4.69) is 20.3 Å². The largest absolute Gasteiger partial charge is 0.342 e. The van der Waals surface area contributed by atoms with Crippen LogP contribution in [0.2, 0.25) is 0 Å². The van der Waals surface area contributed by atoms with Crippen LogP contribution in [0, 0.1) is 6.92 Å². The van der Waals surface area contributed by atoms with Crippen molar-refractivity contribution in [3.8, 4) is 0 Å². The molecule has 1 amide bonds. The molecule has 1 aromatic rings. The number of aromatic nitrogens is 2. The van der Waals surface area contributed by atoms with Gasteiger partial charge in [-0.2, -0.15) is 0 Å². The summed E-state index contributed by atoms with van der Waals surface area (Å²) in [5.74, 6) is 0.159. The molecule has 6 heteroatoms. The van der Waals surface area contributed by atoms with Crippen molar-refractivity contribution in [2.45, 2.75) is 26.3 Å². The van der Waals surface area contributed by atoms with Crippen molar-refractivity contribution in [1.82, 2.24) is 20.5 Å². The normalized spacial score (nSPS) is 15.7. The van der Waals surface area contributed by atoms with E-state index in [9.17, 15) is 4.79 Å².